The molecule has 2 nitrogen and oxygen atoms in total. The quantitative estimate of drug-likeness (QED) is 0.765. The fraction of sp³-hybridized carbons (Fsp3) is 0.625. The standard InChI is InChI=1S/C16H23ClN2/c1-12-9-13(10-17)3-6-16(12)19-8-7-14-4-5-15(11-19)18(14)2/h3,6,9,14-15H,4-5,7-8,10-11H2,1-2H3. The van der Waals surface area contributed by atoms with Crippen LogP contribution < -0.4 is 4.90 Å². The first kappa shape index (κ1) is 13.3. The zero-order valence-corrected chi connectivity index (χ0v) is 12.7. The van der Waals surface area contributed by atoms with Gasteiger partial charge in [-0.3, -0.25) is 4.90 Å². The number of hydrogen-bond acceptors (Lipinski definition) is 2. The summed E-state index contributed by atoms with van der Waals surface area (Å²) in [6.45, 7) is 4.57. The molecule has 0 saturated carbocycles. The molecule has 0 aromatic heterocycles. The third-order valence-electron chi connectivity index (χ3n) is 4.90. The fourth-order valence-electron chi connectivity index (χ4n) is 3.68. The van der Waals surface area contributed by atoms with Gasteiger partial charge in [-0.1, -0.05) is 12.1 Å². The molecule has 2 bridgehead atoms. The molecule has 2 aliphatic rings. The Balaban J connectivity index is 1.82. The molecule has 3 rings (SSSR count). The minimum Gasteiger partial charge on any atom is -0.370 e. The van der Waals surface area contributed by atoms with Crippen molar-refractivity contribution in [2.24, 2.45) is 0 Å². The van der Waals surface area contributed by atoms with Gasteiger partial charge in [0.25, 0.3) is 0 Å². The predicted molar refractivity (Wildman–Crippen MR) is 82.1 cm³/mol. The average molecular weight is 279 g/mol. The summed E-state index contributed by atoms with van der Waals surface area (Å²) >= 11 is 5.91. The molecule has 2 aliphatic heterocycles. The molecule has 19 heavy (non-hydrogen) atoms. The molecular weight excluding hydrogens is 256 g/mol. The predicted octanol–water partition coefficient (Wildman–Crippen LogP) is 3.41. The number of benzene rings is 1. The lowest BCUT2D eigenvalue weighted by molar-refractivity contribution is 0.254. The van der Waals surface area contributed by atoms with Gasteiger partial charge in [0.05, 0.1) is 0 Å². The number of likely N-dealkylation sites (N-methyl/N-ethyl adjacent to an activating group) is 1. The van der Waals surface area contributed by atoms with Gasteiger partial charge in [0.2, 0.25) is 0 Å². The van der Waals surface area contributed by atoms with Crippen LogP contribution in [0.1, 0.15) is 30.4 Å². The van der Waals surface area contributed by atoms with Crippen molar-refractivity contribution < 1.29 is 0 Å². The Kier molecular flexibility index (Phi) is 3.72. The second kappa shape index (κ2) is 5.34. The van der Waals surface area contributed by atoms with Crippen LogP contribution >= 0.6 is 11.6 Å². The summed E-state index contributed by atoms with van der Waals surface area (Å²) in [5.74, 6) is 0.606. The van der Waals surface area contributed by atoms with E-state index in [1.807, 2.05) is 0 Å². The number of rotatable bonds is 2. The summed E-state index contributed by atoms with van der Waals surface area (Å²) < 4.78 is 0. The summed E-state index contributed by atoms with van der Waals surface area (Å²) in [4.78, 5) is 5.18. The number of fused-ring (bicyclic) bond motifs is 2. The summed E-state index contributed by atoms with van der Waals surface area (Å²) in [6.07, 6.45) is 4.04. The first-order valence-corrected chi connectivity index (χ1v) is 7.85. The SMILES string of the molecule is Cc1cc(CCl)ccc1N1CCC2CCC(C1)N2C. The van der Waals surface area contributed by atoms with Crippen LogP contribution in [0.5, 0.6) is 0 Å². The minimum absolute atomic E-state index is 0.606. The first-order valence-electron chi connectivity index (χ1n) is 7.31. The molecule has 0 radical (unpaired) electrons. The maximum absolute atomic E-state index is 5.91. The van der Waals surface area contributed by atoms with E-state index in [2.05, 4.69) is 42.0 Å². The lowest BCUT2D eigenvalue weighted by Crippen LogP contribution is -2.36. The zero-order chi connectivity index (χ0) is 13.4. The molecule has 0 aliphatic carbocycles. The van der Waals surface area contributed by atoms with Gasteiger partial charge in [0.15, 0.2) is 0 Å². The second-order valence-electron chi connectivity index (χ2n) is 6.04. The highest BCUT2D eigenvalue weighted by atomic mass is 35.5. The fourth-order valence-corrected chi connectivity index (χ4v) is 3.85. The van der Waals surface area contributed by atoms with Crippen molar-refractivity contribution in [3.8, 4) is 0 Å². The number of hydrogen-bond donors (Lipinski definition) is 0. The second-order valence-corrected chi connectivity index (χ2v) is 6.31. The van der Waals surface area contributed by atoms with E-state index in [1.54, 1.807) is 0 Å². The maximum Gasteiger partial charge on any atom is 0.0474 e. The van der Waals surface area contributed by atoms with Crippen molar-refractivity contribution >= 4 is 17.3 Å². The highest BCUT2D eigenvalue weighted by Crippen LogP contribution is 2.32. The van der Waals surface area contributed by atoms with Crippen LogP contribution in [0.4, 0.5) is 5.69 Å². The Hall–Kier alpha value is -0.730. The van der Waals surface area contributed by atoms with E-state index < -0.39 is 0 Å². The van der Waals surface area contributed by atoms with Crippen molar-refractivity contribution in [3.63, 3.8) is 0 Å². The Bertz CT molecular complexity index is 460. The van der Waals surface area contributed by atoms with Gasteiger partial charge in [-0.05, 0) is 50.4 Å². The molecule has 1 aromatic carbocycles. The van der Waals surface area contributed by atoms with Crippen LogP contribution in [0.3, 0.4) is 0 Å². The summed E-state index contributed by atoms with van der Waals surface area (Å²) in [5, 5.41) is 0. The molecule has 1 aromatic rings. The van der Waals surface area contributed by atoms with Gasteiger partial charge in [0, 0.05) is 36.7 Å². The molecule has 104 valence electrons. The molecule has 2 fully saturated rings. The Morgan fingerprint density at radius 2 is 2.00 bits per heavy atom. The Morgan fingerprint density at radius 1 is 1.21 bits per heavy atom. The Labute approximate surface area is 121 Å². The van der Waals surface area contributed by atoms with Crippen LogP contribution in [0.15, 0.2) is 18.2 Å². The van der Waals surface area contributed by atoms with Crippen LogP contribution in [0.2, 0.25) is 0 Å². The largest absolute Gasteiger partial charge is 0.370 e. The molecule has 2 heterocycles. The third-order valence-corrected chi connectivity index (χ3v) is 5.21. The number of nitrogens with zero attached hydrogens (tertiary/aromatic N) is 2. The molecular formula is C16H23ClN2. The maximum atomic E-state index is 5.91. The van der Waals surface area contributed by atoms with E-state index in [9.17, 15) is 0 Å². The van der Waals surface area contributed by atoms with Crippen molar-refractivity contribution in [3.05, 3.63) is 29.3 Å². The zero-order valence-electron chi connectivity index (χ0n) is 11.9. The number of anilines is 1. The van der Waals surface area contributed by atoms with Crippen LogP contribution in [-0.4, -0.2) is 37.1 Å². The molecule has 2 atom stereocenters. The summed E-state index contributed by atoms with van der Waals surface area (Å²) in [6, 6.07) is 8.20. The van der Waals surface area contributed by atoms with Gasteiger partial charge in [-0.25, -0.2) is 0 Å². The lowest BCUT2D eigenvalue weighted by atomic mass is 10.1. The topological polar surface area (TPSA) is 6.48 Å². The molecule has 2 saturated heterocycles. The van der Waals surface area contributed by atoms with Crippen LogP contribution in [0, 0.1) is 6.92 Å². The highest BCUT2D eigenvalue weighted by molar-refractivity contribution is 6.17. The van der Waals surface area contributed by atoms with E-state index in [1.165, 1.54) is 49.2 Å². The first-order chi connectivity index (χ1) is 9.19. The molecule has 0 N–H and O–H groups in total. The normalized spacial score (nSPS) is 27.6. The van der Waals surface area contributed by atoms with E-state index in [4.69, 9.17) is 11.6 Å². The van der Waals surface area contributed by atoms with Crippen molar-refractivity contribution in [2.45, 2.75) is 44.1 Å². The third kappa shape index (κ3) is 2.48. The molecule has 0 spiro atoms. The minimum atomic E-state index is 0.606. The van der Waals surface area contributed by atoms with E-state index in [-0.39, 0.29) is 0 Å². The molecule has 0 amide bonds. The van der Waals surface area contributed by atoms with Crippen molar-refractivity contribution in [1.82, 2.24) is 4.90 Å². The van der Waals surface area contributed by atoms with Crippen LogP contribution in [0.25, 0.3) is 0 Å². The molecule has 3 heteroatoms. The summed E-state index contributed by atoms with van der Waals surface area (Å²) in [7, 11) is 2.30. The van der Waals surface area contributed by atoms with Crippen molar-refractivity contribution in [1.29, 1.82) is 0 Å². The number of halogens is 1. The van der Waals surface area contributed by atoms with Gasteiger partial charge in [-0.2, -0.15) is 0 Å². The molecule has 2 unspecified atom stereocenters. The number of alkyl halides is 1. The Morgan fingerprint density at radius 3 is 2.74 bits per heavy atom. The van der Waals surface area contributed by atoms with Crippen molar-refractivity contribution in [2.75, 3.05) is 25.0 Å². The van der Waals surface area contributed by atoms with E-state index in [0.29, 0.717) is 5.88 Å². The highest BCUT2D eigenvalue weighted by Gasteiger charge is 2.34. The van der Waals surface area contributed by atoms with Gasteiger partial charge in [-0.15, -0.1) is 11.6 Å². The van der Waals surface area contributed by atoms with E-state index in [0.717, 1.165) is 12.1 Å². The van der Waals surface area contributed by atoms with Gasteiger partial charge in [0.1, 0.15) is 0 Å². The smallest absolute Gasteiger partial charge is 0.0474 e. The summed E-state index contributed by atoms with van der Waals surface area (Å²) in [5.41, 5.74) is 3.98. The number of aryl methyl sites for hydroxylation is 1. The van der Waals surface area contributed by atoms with E-state index >= 15 is 0 Å². The van der Waals surface area contributed by atoms with Crippen LogP contribution in [-0.2, 0) is 5.88 Å². The average Bonchev–Trinajstić information content (AvgIpc) is 2.64. The monoisotopic (exact) mass is 278 g/mol. The lowest BCUT2D eigenvalue weighted by Gasteiger charge is -2.29. The van der Waals surface area contributed by atoms with Gasteiger partial charge >= 0.3 is 0 Å². The van der Waals surface area contributed by atoms with Gasteiger partial charge < -0.3 is 4.90 Å².